The summed E-state index contributed by atoms with van der Waals surface area (Å²) in [6.07, 6.45) is 4.07. The van der Waals surface area contributed by atoms with Crippen molar-refractivity contribution in [1.29, 1.82) is 0 Å². The summed E-state index contributed by atoms with van der Waals surface area (Å²) in [5, 5.41) is 9.77. The summed E-state index contributed by atoms with van der Waals surface area (Å²) in [7, 11) is 0. The number of hydrogen-bond acceptors (Lipinski definition) is 4. The highest BCUT2D eigenvalue weighted by Gasteiger charge is 2.08. The van der Waals surface area contributed by atoms with Gasteiger partial charge in [-0.15, -0.1) is 5.10 Å². The molecule has 2 heterocycles. The Hall–Kier alpha value is -1.68. The molecule has 0 fully saturated rings. The molecule has 16 heavy (non-hydrogen) atoms. The lowest BCUT2D eigenvalue weighted by molar-refractivity contribution is 0.393. The number of aryl methyl sites for hydroxylation is 1. The molecule has 4 heteroatoms. The molecular weight excluding hydrogens is 202 g/mol. The molecule has 0 bridgehead atoms. The van der Waals surface area contributed by atoms with Crippen molar-refractivity contribution in [3.8, 4) is 0 Å². The van der Waals surface area contributed by atoms with Crippen molar-refractivity contribution in [2.24, 2.45) is 0 Å². The quantitative estimate of drug-likeness (QED) is 0.730. The second kappa shape index (κ2) is 5.42. The van der Waals surface area contributed by atoms with Gasteiger partial charge in [0.1, 0.15) is 6.26 Å². The highest BCUT2D eigenvalue weighted by Crippen LogP contribution is 2.16. The second-order valence-corrected chi connectivity index (χ2v) is 3.73. The van der Waals surface area contributed by atoms with Crippen LogP contribution in [0.4, 0.5) is 0 Å². The van der Waals surface area contributed by atoms with Crippen LogP contribution < -0.4 is 5.32 Å². The van der Waals surface area contributed by atoms with Gasteiger partial charge < -0.3 is 9.84 Å². The lowest BCUT2D eigenvalue weighted by Gasteiger charge is -2.18. The van der Waals surface area contributed by atoms with E-state index in [1.165, 1.54) is 30.0 Å². The summed E-state index contributed by atoms with van der Waals surface area (Å²) >= 11 is 0. The fourth-order valence-electron chi connectivity index (χ4n) is 1.86. The van der Waals surface area contributed by atoms with E-state index in [4.69, 9.17) is 0 Å². The molecule has 1 aromatic carbocycles. The van der Waals surface area contributed by atoms with Crippen LogP contribution in [0.15, 0.2) is 35.2 Å². The Morgan fingerprint density at radius 3 is 2.94 bits per heavy atom. The number of hydrogen-bond donors (Lipinski definition) is 1. The average Bonchev–Trinajstić information content (AvgIpc) is 2.88. The lowest BCUT2D eigenvalue weighted by Crippen LogP contribution is -2.24. The molecule has 4 nitrogen and oxygen atoms in total. The van der Waals surface area contributed by atoms with Gasteiger partial charge in [-0.1, -0.05) is 18.2 Å². The van der Waals surface area contributed by atoms with Gasteiger partial charge in [0, 0.05) is 11.8 Å². The first kappa shape index (κ1) is 10.8. The number of nitrogens with one attached hydrogen (secondary N) is 1. The van der Waals surface area contributed by atoms with Crippen LogP contribution in [-0.4, -0.2) is 16.9 Å². The summed E-state index contributed by atoms with van der Waals surface area (Å²) in [6.45, 7) is 4.39. The largest absolute Gasteiger partial charge is 0.346 e. The van der Waals surface area contributed by atoms with Crippen LogP contribution in [0.2, 0.25) is 0 Å². The highest BCUT2D eigenvalue weighted by atomic mass is 16.5. The van der Waals surface area contributed by atoms with Crippen molar-refractivity contribution in [1.82, 2.24) is 15.7 Å². The Kier molecular flexibility index (Phi) is 3.66. The third kappa shape index (κ3) is 2.67. The topological polar surface area (TPSA) is 51.0 Å². The van der Waals surface area contributed by atoms with E-state index in [0.29, 0.717) is 0 Å². The Morgan fingerprint density at radius 1 is 1.38 bits per heavy atom. The number of nitrogens with zero attached hydrogens (tertiary/aromatic N) is 2. The summed E-state index contributed by atoms with van der Waals surface area (Å²) in [5.41, 5.74) is 4.49. The van der Waals surface area contributed by atoms with Gasteiger partial charge in [-0.3, -0.25) is 0 Å². The Morgan fingerprint density at radius 2 is 2.31 bits per heavy atom. The van der Waals surface area contributed by atoms with Crippen LogP contribution in [0.1, 0.15) is 16.7 Å². The van der Waals surface area contributed by atoms with E-state index in [1.807, 2.05) is 0 Å². The zero-order valence-corrected chi connectivity index (χ0v) is 9.31. The average molecular weight is 217 g/mol. The molecule has 2 aromatic rings. The van der Waals surface area contributed by atoms with E-state index in [0.717, 1.165) is 13.1 Å². The van der Waals surface area contributed by atoms with Gasteiger partial charge in [0.2, 0.25) is 0 Å². The first-order valence-corrected chi connectivity index (χ1v) is 5.37. The Balaban J connectivity index is 0.000000162. The minimum absolute atomic E-state index is 1.05. The van der Waals surface area contributed by atoms with Crippen molar-refractivity contribution in [2.75, 3.05) is 6.54 Å². The molecule has 0 atom stereocenters. The van der Waals surface area contributed by atoms with Crippen LogP contribution in [-0.2, 0) is 13.0 Å². The van der Waals surface area contributed by atoms with Gasteiger partial charge >= 0.3 is 0 Å². The number of benzene rings is 1. The van der Waals surface area contributed by atoms with Gasteiger partial charge in [0.25, 0.3) is 0 Å². The predicted octanol–water partition coefficient (Wildman–Crippen LogP) is 1.71. The zero-order valence-electron chi connectivity index (χ0n) is 9.31. The summed E-state index contributed by atoms with van der Waals surface area (Å²) in [6, 6.07) is 6.56. The molecule has 0 unspecified atom stereocenters. The maximum atomic E-state index is 4.22. The van der Waals surface area contributed by atoms with Crippen LogP contribution in [0.25, 0.3) is 0 Å². The predicted molar refractivity (Wildman–Crippen MR) is 60.9 cm³/mol. The van der Waals surface area contributed by atoms with Gasteiger partial charge in [0.05, 0.1) is 6.20 Å². The van der Waals surface area contributed by atoms with E-state index >= 15 is 0 Å². The van der Waals surface area contributed by atoms with Crippen molar-refractivity contribution >= 4 is 0 Å². The first-order valence-electron chi connectivity index (χ1n) is 5.37. The molecule has 1 N–H and O–H groups in total. The SMILES string of the molecule is Cc1cccc2c1CCNC2.c1conn1. The fraction of sp³-hybridized carbons (Fsp3) is 0.333. The first-order chi connectivity index (χ1) is 7.88. The summed E-state index contributed by atoms with van der Waals surface area (Å²) in [4.78, 5) is 0. The monoisotopic (exact) mass is 217 g/mol. The van der Waals surface area contributed by atoms with Crippen LogP contribution in [0, 0.1) is 6.92 Å². The fourth-order valence-corrected chi connectivity index (χ4v) is 1.86. The van der Waals surface area contributed by atoms with Crippen LogP contribution >= 0.6 is 0 Å². The maximum Gasteiger partial charge on any atom is 0.144 e. The van der Waals surface area contributed by atoms with E-state index in [9.17, 15) is 0 Å². The molecule has 1 aliphatic rings. The van der Waals surface area contributed by atoms with Gasteiger partial charge in [-0.2, -0.15) is 0 Å². The normalized spacial score (nSPS) is 13.6. The number of rotatable bonds is 0. The molecule has 0 saturated carbocycles. The van der Waals surface area contributed by atoms with E-state index < -0.39 is 0 Å². The summed E-state index contributed by atoms with van der Waals surface area (Å²) < 4.78 is 4.22. The molecular formula is C12H15N3O. The van der Waals surface area contributed by atoms with Gasteiger partial charge in [0.15, 0.2) is 0 Å². The minimum atomic E-state index is 1.05. The third-order valence-corrected chi connectivity index (χ3v) is 2.66. The van der Waals surface area contributed by atoms with Crippen LogP contribution in [0.5, 0.6) is 0 Å². The Labute approximate surface area is 94.7 Å². The number of aromatic nitrogens is 2. The third-order valence-electron chi connectivity index (χ3n) is 2.66. The standard InChI is InChI=1S/C10H13N.C2H2N2O/c1-8-3-2-4-9-7-11-6-5-10(8)9;1-2-5-4-3-1/h2-4,11H,5-7H2,1H3;1-2H. The molecule has 3 rings (SSSR count). The zero-order chi connectivity index (χ0) is 11.2. The molecule has 1 aromatic heterocycles. The molecule has 0 radical (unpaired) electrons. The lowest BCUT2D eigenvalue weighted by atomic mass is 9.97. The molecule has 0 aliphatic carbocycles. The maximum absolute atomic E-state index is 4.22. The van der Waals surface area contributed by atoms with Crippen LogP contribution in [0.3, 0.4) is 0 Å². The molecule has 1 aliphatic heterocycles. The van der Waals surface area contributed by atoms with Crippen molar-refractivity contribution in [3.05, 3.63) is 47.3 Å². The van der Waals surface area contributed by atoms with Crippen molar-refractivity contribution in [3.63, 3.8) is 0 Å². The molecule has 0 amide bonds. The van der Waals surface area contributed by atoms with E-state index in [1.54, 1.807) is 5.56 Å². The van der Waals surface area contributed by atoms with Crippen molar-refractivity contribution in [2.45, 2.75) is 19.9 Å². The molecule has 84 valence electrons. The minimum Gasteiger partial charge on any atom is -0.346 e. The molecule has 0 saturated heterocycles. The molecule has 0 spiro atoms. The van der Waals surface area contributed by atoms with Gasteiger partial charge in [-0.05, 0) is 36.6 Å². The number of fused-ring (bicyclic) bond motifs is 1. The smallest absolute Gasteiger partial charge is 0.144 e. The van der Waals surface area contributed by atoms with E-state index in [2.05, 4.69) is 45.3 Å². The second-order valence-electron chi connectivity index (χ2n) is 3.73. The Bertz CT molecular complexity index is 409. The van der Waals surface area contributed by atoms with E-state index in [-0.39, 0.29) is 0 Å². The summed E-state index contributed by atoms with van der Waals surface area (Å²) in [5.74, 6) is 0. The van der Waals surface area contributed by atoms with Gasteiger partial charge in [-0.25, -0.2) is 0 Å². The highest BCUT2D eigenvalue weighted by molar-refractivity contribution is 5.35. The van der Waals surface area contributed by atoms with Crippen molar-refractivity contribution < 1.29 is 4.52 Å².